The van der Waals surface area contributed by atoms with Gasteiger partial charge in [0.05, 0.1) is 7.11 Å². The zero-order valence-corrected chi connectivity index (χ0v) is 12.4. The summed E-state index contributed by atoms with van der Waals surface area (Å²) < 4.78 is 19.3. The summed E-state index contributed by atoms with van der Waals surface area (Å²) in [6.07, 6.45) is 1.90. The van der Waals surface area contributed by atoms with E-state index >= 15 is 0 Å². The molecule has 0 bridgehead atoms. The highest BCUT2D eigenvalue weighted by Crippen LogP contribution is 2.26. The summed E-state index contributed by atoms with van der Waals surface area (Å²) in [5.74, 6) is 0.0583. The number of ether oxygens (including phenoxy) is 1. The molecule has 0 saturated carbocycles. The van der Waals surface area contributed by atoms with Crippen molar-refractivity contribution in [2.75, 3.05) is 34.3 Å². The van der Waals surface area contributed by atoms with Gasteiger partial charge < -0.3 is 15.0 Å². The summed E-state index contributed by atoms with van der Waals surface area (Å²) in [6, 6.07) is 5.35. The SMILES string of the molecule is CCCNC(CCN(C)C)c1cccc(OC)c1F. The first-order chi connectivity index (χ1) is 9.10. The molecule has 1 rings (SSSR count). The van der Waals surface area contributed by atoms with Gasteiger partial charge in [0, 0.05) is 11.6 Å². The molecule has 0 amide bonds. The molecule has 0 fully saturated rings. The van der Waals surface area contributed by atoms with E-state index in [1.165, 1.54) is 7.11 Å². The van der Waals surface area contributed by atoms with Crippen LogP contribution in [-0.2, 0) is 0 Å². The largest absolute Gasteiger partial charge is 0.494 e. The normalized spacial score (nSPS) is 12.7. The molecule has 4 heteroatoms. The molecular formula is C15H25FN2O. The second kappa shape index (κ2) is 8.12. The van der Waals surface area contributed by atoms with E-state index in [0.29, 0.717) is 11.3 Å². The molecular weight excluding hydrogens is 243 g/mol. The number of benzene rings is 1. The van der Waals surface area contributed by atoms with Crippen LogP contribution in [0.25, 0.3) is 0 Å². The first kappa shape index (κ1) is 15.9. The van der Waals surface area contributed by atoms with Crippen LogP contribution in [0.15, 0.2) is 18.2 Å². The van der Waals surface area contributed by atoms with E-state index in [9.17, 15) is 4.39 Å². The monoisotopic (exact) mass is 268 g/mol. The summed E-state index contributed by atoms with van der Waals surface area (Å²) in [6.45, 7) is 3.91. The minimum Gasteiger partial charge on any atom is -0.494 e. The van der Waals surface area contributed by atoms with Crippen LogP contribution in [0.1, 0.15) is 31.4 Å². The molecule has 1 unspecified atom stereocenters. The lowest BCUT2D eigenvalue weighted by molar-refractivity contribution is 0.349. The lowest BCUT2D eigenvalue weighted by Gasteiger charge is -2.22. The highest BCUT2D eigenvalue weighted by Gasteiger charge is 2.17. The summed E-state index contributed by atoms with van der Waals surface area (Å²) >= 11 is 0. The molecule has 3 nitrogen and oxygen atoms in total. The summed E-state index contributed by atoms with van der Waals surface area (Å²) in [5.41, 5.74) is 0.689. The third-order valence-electron chi connectivity index (χ3n) is 3.09. The highest BCUT2D eigenvalue weighted by molar-refractivity contribution is 5.33. The molecule has 0 radical (unpaired) electrons. The average molecular weight is 268 g/mol. The fourth-order valence-electron chi connectivity index (χ4n) is 2.03. The van der Waals surface area contributed by atoms with Gasteiger partial charge in [-0.25, -0.2) is 4.39 Å². The Labute approximate surface area is 115 Å². The zero-order chi connectivity index (χ0) is 14.3. The molecule has 0 aromatic heterocycles. The molecule has 108 valence electrons. The second-order valence-electron chi connectivity index (χ2n) is 4.96. The van der Waals surface area contributed by atoms with Crippen molar-refractivity contribution < 1.29 is 9.13 Å². The van der Waals surface area contributed by atoms with E-state index in [-0.39, 0.29) is 11.9 Å². The first-order valence-electron chi connectivity index (χ1n) is 6.80. The maximum absolute atomic E-state index is 14.3. The third-order valence-corrected chi connectivity index (χ3v) is 3.09. The van der Waals surface area contributed by atoms with Gasteiger partial charge in [0.2, 0.25) is 0 Å². The first-order valence-corrected chi connectivity index (χ1v) is 6.80. The molecule has 0 aliphatic rings. The van der Waals surface area contributed by atoms with Crippen LogP contribution in [0.5, 0.6) is 5.75 Å². The van der Waals surface area contributed by atoms with Crippen LogP contribution >= 0.6 is 0 Å². The number of nitrogens with zero attached hydrogens (tertiary/aromatic N) is 1. The van der Waals surface area contributed by atoms with Crippen molar-refractivity contribution in [3.8, 4) is 5.75 Å². The van der Waals surface area contributed by atoms with Gasteiger partial charge >= 0.3 is 0 Å². The zero-order valence-electron chi connectivity index (χ0n) is 12.4. The Bertz CT molecular complexity index is 382. The van der Waals surface area contributed by atoms with Gasteiger partial charge in [-0.2, -0.15) is 0 Å². The summed E-state index contributed by atoms with van der Waals surface area (Å²) in [4.78, 5) is 2.11. The van der Waals surface area contributed by atoms with Crippen molar-refractivity contribution in [1.82, 2.24) is 10.2 Å². The van der Waals surface area contributed by atoms with Gasteiger partial charge in [-0.05, 0) is 46.1 Å². The Morgan fingerprint density at radius 3 is 2.68 bits per heavy atom. The van der Waals surface area contributed by atoms with Crippen LogP contribution in [0, 0.1) is 5.82 Å². The molecule has 19 heavy (non-hydrogen) atoms. The third kappa shape index (κ3) is 4.80. The number of hydrogen-bond donors (Lipinski definition) is 1. The topological polar surface area (TPSA) is 24.5 Å². The van der Waals surface area contributed by atoms with E-state index in [1.54, 1.807) is 6.07 Å². The minimum atomic E-state index is -0.252. The van der Waals surface area contributed by atoms with Crippen molar-refractivity contribution in [2.24, 2.45) is 0 Å². The number of rotatable bonds is 8. The lowest BCUT2D eigenvalue weighted by atomic mass is 10.0. The molecule has 0 heterocycles. The van der Waals surface area contributed by atoms with Gasteiger partial charge in [0.25, 0.3) is 0 Å². The molecule has 1 N–H and O–H groups in total. The predicted molar refractivity (Wildman–Crippen MR) is 77.2 cm³/mol. The number of nitrogens with one attached hydrogen (secondary N) is 1. The highest BCUT2D eigenvalue weighted by atomic mass is 19.1. The Hall–Kier alpha value is -1.13. The Morgan fingerprint density at radius 1 is 1.37 bits per heavy atom. The Kier molecular flexibility index (Phi) is 6.81. The molecule has 0 aliphatic heterocycles. The smallest absolute Gasteiger partial charge is 0.169 e. The van der Waals surface area contributed by atoms with Gasteiger partial charge in [0.1, 0.15) is 0 Å². The number of halogens is 1. The van der Waals surface area contributed by atoms with E-state index in [4.69, 9.17) is 4.74 Å². The van der Waals surface area contributed by atoms with Gasteiger partial charge in [-0.15, -0.1) is 0 Å². The average Bonchev–Trinajstić information content (AvgIpc) is 2.39. The van der Waals surface area contributed by atoms with Crippen molar-refractivity contribution in [3.63, 3.8) is 0 Å². The summed E-state index contributed by atoms with van der Waals surface area (Å²) in [7, 11) is 5.55. The van der Waals surface area contributed by atoms with E-state index < -0.39 is 0 Å². The van der Waals surface area contributed by atoms with Crippen molar-refractivity contribution in [1.29, 1.82) is 0 Å². The maximum atomic E-state index is 14.3. The van der Waals surface area contributed by atoms with E-state index in [0.717, 1.165) is 25.9 Å². The molecule has 0 aliphatic carbocycles. The fraction of sp³-hybridized carbons (Fsp3) is 0.600. The van der Waals surface area contributed by atoms with E-state index in [1.807, 2.05) is 26.2 Å². The molecule has 1 atom stereocenters. The van der Waals surface area contributed by atoms with Gasteiger partial charge in [-0.3, -0.25) is 0 Å². The number of methoxy groups -OCH3 is 1. The Balaban J connectivity index is 2.89. The van der Waals surface area contributed by atoms with Crippen LogP contribution in [0.4, 0.5) is 4.39 Å². The summed E-state index contributed by atoms with van der Waals surface area (Å²) in [5, 5.41) is 3.41. The molecule has 0 saturated heterocycles. The van der Waals surface area contributed by atoms with E-state index in [2.05, 4.69) is 17.1 Å². The lowest BCUT2D eigenvalue weighted by Crippen LogP contribution is -2.27. The molecule has 0 spiro atoms. The van der Waals surface area contributed by atoms with Crippen molar-refractivity contribution >= 4 is 0 Å². The molecule has 1 aromatic carbocycles. The quantitative estimate of drug-likeness (QED) is 0.784. The number of hydrogen-bond acceptors (Lipinski definition) is 3. The molecule has 1 aromatic rings. The second-order valence-corrected chi connectivity index (χ2v) is 4.96. The van der Waals surface area contributed by atoms with Crippen molar-refractivity contribution in [3.05, 3.63) is 29.6 Å². The van der Waals surface area contributed by atoms with Crippen LogP contribution in [0.2, 0.25) is 0 Å². The standard InChI is InChI=1S/C15H25FN2O/c1-5-10-17-13(9-11-18(2)3)12-7-6-8-14(19-4)15(12)16/h6-8,13,17H,5,9-11H2,1-4H3. The van der Waals surface area contributed by atoms with Crippen LogP contribution in [0.3, 0.4) is 0 Å². The minimum absolute atomic E-state index is 0.0254. The van der Waals surface area contributed by atoms with Crippen LogP contribution < -0.4 is 10.1 Å². The predicted octanol–water partition coefficient (Wildman–Crippen LogP) is 2.83. The Morgan fingerprint density at radius 2 is 2.11 bits per heavy atom. The fourth-order valence-corrected chi connectivity index (χ4v) is 2.03. The van der Waals surface area contributed by atoms with Crippen LogP contribution in [-0.4, -0.2) is 39.2 Å². The van der Waals surface area contributed by atoms with Gasteiger partial charge in [0.15, 0.2) is 11.6 Å². The van der Waals surface area contributed by atoms with Crippen molar-refractivity contribution in [2.45, 2.75) is 25.8 Å². The maximum Gasteiger partial charge on any atom is 0.169 e. The van der Waals surface area contributed by atoms with Gasteiger partial charge in [-0.1, -0.05) is 19.1 Å².